The molecule has 0 unspecified atom stereocenters. The van der Waals surface area contributed by atoms with E-state index in [2.05, 4.69) is 38.2 Å². The number of carbonyl (C=O) groups excluding carboxylic acids is 1. The van der Waals surface area contributed by atoms with Gasteiger partial charge in [-0.25, -0.2) is 0 Å². The molecule has 150 valence electrons. The Morgan fingerprint density at radius 3 is 2.55 bits per heavy atom. The number of thiophene rings is 1. The van der Waals surface area contributed by atoms with Crippen molar-refractivity contribution in [2.75, 3.05) is 62.3 Å². The van der Waals surface area contributed by atoms with Crippen molar-refractivity contribution in [1.29, 1.82) is 0 Å². The van der Waals surface area contributed by atoms with Crippen molar-refractivity contribution in [1.82, 2.24) is 15.1 Å². The van der Waals surface area contributed by atoms with Crippen LogP contribution in [0.2, 0.25) is 0 Å². The second-order valence-corrected chi connectivity index (χ2v) is 8.38. The number of aromatic nitrogens is 2. The predicted molar refractivity (Wildman–Crippen MR) is 115 cm³/mol. The van der Waals surface area contributed by atoms with E-state index in [-0.39, 0.29) is 5.91 Å². The number of morpholine rings is 1. The van der Waals surface area contributed by atoms with Crippen LogP contribution in [0.5, 0.6) is 0 Å². The van der Waals surface area contributed by atoms with Gasteiger partial charge in [-0.3, -0.25) is 4.79 Å². The van der Waals surface area contributed by atoms with E-state index in [1.165, 1.54) is 0 Å². The normalized spacial score (nSPS) is 17.7. The van der Waals surface area contributed by atoms with Gasteiger partial charge in [0, 0.05) is 50.0 Å². The number of rotatable bonds is 3. The van der Waals surface area contributed by atoms with Gasteiger partial charge in [-0.05, 0) is 17.5 Å². The highest BCUT2D eigenvalue weighted by Crippen LogP contribution is 2.27. The number of hydrogen-bond acceptors (Lipinski definition) is 7. The van der Waals surface area contributed by atoms with Gasteiger partial charge >= 0.3 is 0 Å². The third kappa shape index (κ3) is 3.77. The topological polar surface area (TPSA) is 61.8 Å². The number of piperazine rings is 1. The number of hydrogen-bond donors (Lipinski definition) is 0. The number of ether oxygens (including phenoxy) is 1. The van der Waals surface area contributed by atoms with Crippen molar-refractivity contribution < 1.29 is 9.53 Å². The van der Waals surface area contributed by atoms with Crippen molar-refractivity contribution in [3.63, 3.8) is 0 Å². The van der Waals surface area contributed by atoms with Crippen LogP contribution < -0.4 is 9.80 Å². The summed E-state index contributed by atoms with van der Waals surface area (Å²) in [6.45, 7) is 6.15. The van der Waals surface area contributed by atoms with E-state index in [1.54, 1.807) is 11.3 Å². The molecule has 0 radical (unpaired) electrons. The minimum atomic E-state index is 0.132. The van der Waals surface area contributed by atoms with Crippen molar-refractivity contribution in [3.05, 3.63) is 47.5 Å². The van der Waals surface area contributed by atoms with Crippen LogP contribution in [0.3, 0.4) is 0 Å². The average Bonchev–Trinajstić information content (AvgIpc) is 3.24. The van der Waals surface area contributed by atoms with Crippen LogP contribution >= 0.6 is 11.3 Å². The highest BCUT2D eigenvalue weighted by atomic mass is 32.1. The summed E-state index contributed by atoms with van der Waals surface area (Å²) in [5, 5.41) is 9.64. The van der Waals surface area contributed by atoms with Gasteiger partial charge in [0.25, 0.3) is 5.91 Å². The fraction of sp³-hybridized carbons (Fsp3) is 0.381. The number of nitrogens with zero attached hydrogens (tertiary/aromatic N) is 5. The molecule has 3 aromatic rings. The first-order valence-electron chi connectivity index (χ1n) is 9.96. The lowest BCUT2D eigenvalue weighted by atomic mass is 10.2. The molecule has 2 saturated heterocycles. The summed E-state index contributed by atoms with van der Waals surface area (Å²) < 4.78 is 6.58. The van der Waals surface area contributed by atoms with Gasteiger partial charge in [-0.1, -0.05) is 18.2 Å². The molecule has 7 nitrogen and oxygen atoms in total. The second kappa shape index (κ2) is 7.96. The maximum Gasteiger partial charge on any atom is 0.264 e. The van der Waals surface area contributed by atoms with E-state index >= 15 is 0 Å². The number of benzene rings is 1. The van der Waals surface area contributed by atoms with E-state index < -0.39 is 0 Å². The van der Waals surface area contributed by atoms with Gasteiger partial charge in [0.1, 0.15) is 0 Å². The van der Waals surface area contributed by atoms with Crippen molar-refractivity contribution >= 4 is 38.8 Å². The highest BCUT2D eigenvalue weighted by molar-refractivity contribution is 7.20. The van der Waals surface area contributed by atoms with Crippen LogP contribution in [0.15, 0.2) is 42.6 Å². The van der Waals surface area contributed by atoms with Crippen LogP contribution in [-0.2, 0) is 4.74 Å². The van der Waals surface area contributed by atoms with Crippen LogP contribution in [-0.4, -0.2) is 73.5 Å². The van der Waals surface area contributed by atoms with Crippen molar-refractivity contribution in [3.8, 4) is 0 Å². The van der Waals surface area contributed by atoms with E-state index in [0.717, 1.165) is 65.9 Å². The van der Waals surface area contributed by atoms with Gasteiger partial charge in [-0.15, -0.1) is 16.4 Å². The highest BCUT2D eigenvalue weighted by Gasteiger charge is 2.24. The van der Waals surface area contributed by atoms with Gasteiger partial charge in [0.2, 0.25) is 0 Å². The monoisotopic (exact) mass is 409 g/mol. The molecule has 4 heterocycles. The zero-order valence-corrected chi connectivity index (χ0v) is 17.0. The number of amides is 1. The lowest BCUT2D eigenvalue weighted by Crippen LogP contribution is -2.48. The molecule has 0 atom stereocenters. The fourth-order valence-corrected chi connectivity index (χ4v) is 4.91. The molecular formula is C21H23N5O2S. The van der Waals surface area contributed by atoms with E-state index in [4.69, 9.17) is 4.74 Å². The quantitative estimate of drug-likeness (QED) is 0.662. The summed E-state index contributed by atoms with van der Waals surface area (Å²) in [7, 11) is 0. The summed E-state index contributed by atoms with van der Waals surface area (Å²) >= 11 is 1.58. The molecule has 0 bridgehead atoms. The molecule has 2 aliphatic rings. The van der Waals surface area contributed by atoms with E-state index in [0.29, 0.717) is 13.1 Å². The van der Waals surface area contributed by atoms with Gasteiger partial charge in [-0.2, -0.15) is 5.10 Å². The third-order valence-corrected chi connectivity index (χ3v) is 6.63. The van der Waals surface area contributed by atoms with E-state index in [1.807, 2.05) is 29.3 Å². The zero-order chi connectivity index (χ0) is 19.6. The Hall–Kier alpha value is -2.71. The Balaban J connectivity index is 1.25. The minimum absolute atomic E-state index is 0.132. The molecule has 1 aromatic carbocycles. The molecule has 2 aliphatic heterocycles. The third-order valence-electron chi connectivity index (χ3n) is 5.53. The number of carbonyl (C=O) groups is 1. The molecular weight excluding hydrogens is 386 g/mol. The summed E-state index contributed by atoms with van der Waals surface area (Å²) in [6, 6.07) is 12.3. The summed E-state index contributed by atoms with van der Waals surface area (Å²) in [5.74, 6) is 1.03. The largest absolute Gasteiger partial charge is 0.378 e. The van der Waals surface area contributed by atoms with Crippen molar-refractivity contribution in [2.24, 2.45) is 0 Å². The molecule has 0 aliphatic carbocycles. The van der Waals surface area contributed by atoms with Crippen molar-refractivity contribution in [2.45, 2.75) is 0 Å². The molecule has 29 heavy (non-hydrogen) atoms. The smallest absolute Gasteiger partial charge is 0.264 e. The van der Waals surface area contributed by atoms with Gasteiger partial charge in [0.05, 0.1) is 30.0 Å². The average molecular weight is 410 g/mol. The molecule has 0 spiro atoms. The molecule has 8 heteroatoms. The Kier molecular flexibility index (Phi) is 5.03. The Morgan fingerprint density at radius 1 is 0.966 bits per heavy atom. The zero-order valence-electron chi connectivity index (χ0n) is 16.2. The lowest BCUT2D eigenvalue weighted by molar-refractivity contribution is 0.0751. The molecule has 0 saturated carbocycles. The molecule has 0 N–H and O–H groups in total. The van der Waals surface area contributed by atoms with Crippen LogP contribution in [0, 0.1) is 0 Å². The lowest BCUT2D eigenvalue weighted by Gasteiger charge is -2.36. The summed E-state index contributed by atoms with van der Waals surface area (Å²) in [4.78, 5) is 20.2. The molecule has 2 fully saturated rings. The predicted octanol–water partition coefficient (Wildman–Crippen LogP) is 2.49. The second-order valence-electron chi connectivity index (χ2n) is 7.30. The maximum atomic E-state index is 13.0. The molecule has 5 rings (SSSR count). The van der Waals surface area contributed by atoms with Crippen LogP contribution in [0.25, 0.3) is 10.1 Å². The maximum absolute atomic E-state index is 13.0. The number of anilines is 2. The Morgan fingerprint density at radius 2 is 1.76 bits per heavy atom. The summed E-state index contributed by atoms with van der Waals surface area (Å²) in [6.07, 6.45) is 1.81. The van der Waals surface area contributed by atoms with E-state index in [9.17, 15) is 4.79 Å². The molecule has 2 aromatic heterocycles. The number of fused-ring (bicyclic) bond motifs is 1. The first-order valence-corrected chi connectivity index (χ1v) is 10.8. The SMILES string of the molecule is O=C(c1cc2ccccc2s1)N1CCN(c2cnnc(N3CCOCC3)c2)CC1. The fourth-order valence-electron chi connectivity index (χ4n) is 3.88. The Bertz CT molecular complexity index is 976. The molecule has 1 amide bonds. The summed E-state index contributed by atoms with van der Waals surface area (Å²) in [5.41, 5.74) is 1.07. The van der Waals surface area contributed by atoms with Crippen LogP contribution in [0.4, 0.5) is 11.5 Å². The standard InChI is InChI=1S/C21H23N5O2S/c27-21(19-13-16-3-1-2-4-18(16)29-19)26-7-5-24(6-8-26)17-14-20(23-22-15-17)25-9-11-28-12-10-25/h1-4,13-15H,5-12H2. The first-order chi connectivity index (χ1) is 14.3. The van der Waals surface area contributed by atoms with Crippen LogP contribution in [0.1, 0.15) is 9.67 Å². The van der Waals surface area contributed by atoms with Gasteiger partial charge in [0.15, 0.2) is 5.82 Å². The van der Waals surface area contributed by atoms with Gasteiger partial charge < -0.3 is 19.4 Å². The first kappa shape index (κ1) is 18.3. The minimum Gasteiger partial charge on any atom is -0.378 e. The Labute approximate surface area is 173 Å².